The summed E-state index contributed by atoms with van der Waals surface area (Å²) in [7, 11) is 0. The van der Waals surface area contributed by atoms with E-state index in [-0.39, 0.29) is 0 Å². The lowest BCUT2D eigenvalue weighted by Crippen LogP contribution is -2.13. The van der Waals surface area contributed by atoms with Crippen LogP contribution in [0.25, 0.3) is 11.2 Å². The molecule has 1 saturated heterocycles. The summed E-state index contributed by atoms with van der Waals surface area (Å²) < 4.78 is 2.30. The number of aromatic nitrogens is 3. The minimum Gasteiger partial charge on any atom is -0.316 e. The van der Waals surface area contributed by atoms with E-state index in [9.17, 15) is 0 Å². The maximum atomic E-state index is 4.77. The van der Waals surface area contributed by atoms with Gasteiger partial charge in [-0.2, -0.15) is 0 Å². The lowest BCUT2D eigenvalue weighted by Gasteiger charge is -2.11. The molecule has 0 unspecified atom stereocenters. The molecule has 0 bridgehead atoms. The van der Waals surface area contributed by atoms with E-state index in [1.165, 1.54) is 12.2 Å². The van der Waals surface area contributed by atoms with E-state index in [0.717, 1.165) is 37.2 Å². The predicted molar refractivity (Wildman–Crippen MR) is 68.0 cm³/mol. The Balaban J connectivity index is 2.11. The average molecular weight is 230 g/mol. The Kier molecular flexibility index (Phi) is 2.81. The Bertz CT molecular complexity index is 511. The van der Waals surface area contributed by atoms with Crippen molar-refractivity contribution in [3.05, 3.63) is 24.2 Å². The van der Waals surface area contributed by atoms with Crippen molar-refractivity contribution in [3.63, 3.8) is 0 Å². The molecule has 4 nitrogen and oxygen atoms in total. The Morgan fingerprint density at radius 1 is 1.53 bits per heavy atom. The number of rotatable bonds is 3. The molecule has 1 aliphatic heterocycles. The molecule has 0 aliphatic carbocycles. The Labute approximate surface area is 101 Å². The SMILES string of the molecule is CCCn1c([C@@H]2CCNC2)nc2cccnc21. The van der Waals surface area contributed by atoms with Gasteiger partial charge >= 0.3 is 0 Å². The number of imidazole rings is 1. The summed E-state index contributed by atoms with van der Waals surface area (Å²) in [5.74, 6) is 1.77. The van der Waals surface area contributed by atoms with E-state index in [1.807, 2.05) is 12.3 Å². The first-order valence-corrected chi connectivity index (χ1v) is 6.42. The molecule has 90 valence electrons. The van der Waals surface area contributed by atoms with Gasteiger partial charge in [0.15, 0.2) is 5.65 Å². The largest absolute Gasteiger partial charge is 0.316 e. The second-order valence-electron chi connectivity index (χ2n) is 4.66. The zero-order chi connectivity index (χ0) is 11.7. The highest BCUT2D eigenvalue weighted by Crippen LogP contribution is 2.25. The van der Waals surface area contributed by atoms with E-state index in [0.29, 0.717) is 5.92 Å². The number of nitrogens with zero attached hydrogens (tertiary/aromatic N) is 3. The van der Waals surface area contributed by atoms with Crippen molar-refractivity contribution in [2.75, 3.05) is 13.1 Å². The molecule has 1 N–H and O–H groups in total. The van der Waals surface area contributed by atoms with Crippen molar-refractivity contribution in [3.8, 4) is 0 Å². The highest BCUT2D eigenvalue weighted by molar-refractivity contribution is 5.71. The zero-order valence-corrected chi connectivity index (χ0v) is 10.2. The lowest BCUT2D eigenvalue weighted by molar-refractivity contribution is 0.598. The number of aryl methyl sites for hydroxylation is 1. The van der Waals surface area contributed by atoms with E-state index in [1.54, 1.807) is 0 Å². The predicted octanol–water partition coefficient (Wildman–Crippen LogP) is 1.92. The van der Waals surface area contributed by atoms with Crippen molar-refractivity contribution < 1.29 is 0 Å². The van der Waals surface area contributed by atoms with Gasteiger partial charge in [-0.1, -0.05) is 6.92 Å². The maximum Gasteiger partial charge on any atom is 0.159 e. The summed E-state index contributed by atoms with van der Waals surface area (Å²) in [4.78, 5) is 9.25. The standard InChI is InChI=1S/C13H18N4/c1-2-8-17-12(10-5-7-14-9-10)16-11-4-3-6-15-13(11)17/h3-4,6,10,14H,2,5,7-9H2,1H3/t10-/m1/s1. The first-order valence-electron chi connectivity index (χ1n) is 6.42. The van der Waals surface area contributed by atoms with E-state index in [4.69, 9.17) is 4.98 Å². The van der Waals surface area contributed by atoms with Crippen LogP contribution in [0.1, 0.15) is 31.5 Å². The van der Waals surface area contributed by atoms with Gasteiger partial charge in [0.25, 0.3) is 0 Å². The van der Waals surface area contributed by atoms with Crippen molar-refractivity contribution in [1.29, 1.82) is 0 Å². The van der Waals surface area contributed by atoms with Gasteiger partial charge in [-0.15, -0.1) is 0 Å². The second kappa shape index (κ2) is 4.45. The van der Waals surface area contributed by atoms with Crippen LogP contribution in [0.4, 0.5) is 0 Å². The molecular weight excluding hydrogens is 212 g/mol. The number of hydrogen-bond donors (Lipinski definition) is 1. The van der Waals surface area contributed by atoms with Gasteiger partial charge < -0.3 is 9.88 Å². The van der Waals surface area contributed by atoms with Gasteiger partial charge in [0.2, 0.25) is 0 Å². The van der Waals surface area contributed by atoms with Gasteiger partial charge in [0.05, 0.1) is 0 Å². The second-order valence-corrected chi connectivity index (χ2v) is 4.66. The van der Waals surface area contributed by atoms with Crippen molar-refractivity contribution in [1.82, 2.24) is 19.9 Å². The van der Waals surface area contributed by atoms with Crippen LogP contribution < -0.4 is 5.32 Å². The molecule has 3 heterocycles. The fraction of sp³-hybridized carbons (Fsp3) is 0.538. The third kappa shape index (κ3) is 1.82. The van der Waals surface area contributed by atoms with Gasteiger partial charge in [-0.05, 0) is 31.5 Å². The van der Waals surface area contributed by atoms with Crippen LogP contribution in [0.15, 0.2) is 18.3 Å². The van der Waals surface area contributed by atoms with Gasteiger partial charge in [0.1, 0.15) is 11.3 Å². The zero-order valence-electron chi connectivity index (χ0n) is 10.2. The molecule has 1 aliphatic rings. The van der Waals surface area contributed by atoms with E-state index in [2.05, 4.69) is 27.9 Å². The fourth-order valence-electron chi connectivity index (χ4n) is 2.61. The smallest absolute Gasteiger partial charge is 0.159 e. The van der Waals surface area contributed by atoms with Gasteiger partial charge in [-0.3, -0.25) is 0 Å². The molecule has 3 rings (SSSR count). The topological polar surface area (TPSA) is 42.7 Å². The minimum absolute atomic E-state index is 0.552. The summed E-state index contributed by atoms with van der Waals surface area (Å²) in [6.07, 6.45) is 4.16. The molecular formula is C13H18N4. The number of nitrogens with one attached hydrogen (secondary N) is 1. The summed E-state index contributed by atoms with van der Waals surface area (Å²) in [5.41, 5.74) is 2.07. The van der Waals surface area contributed by atoms with E-state index >= 15 is 0 Å². The van der Waals surface area contributed by atoms with Crippen molar-refractivity contribution >= 4 is 11.2 Å². The number of pyridine rings is 1. The van der Waals surface area contributed by atoms with Gasteiger partial charge in [0, 0.05) is 25.2 Å². The molecule has 17 heavy (non-hydrogen) atoms. The summed E-state index contributed by atoms with van der Waals surface area (Å²) in [6, 6.07) is 4.02. The van der Waals surface area contributed by atoms with Crippen molar-refractivity contribution in [2.24, 2.45) is 0 Å². The Morgan fingerprint density at radius 3 is 3.24 bits per heavy atom. The molecule has 0 aromatic carbocycles. The molecule has 1 atom stereocenters. The summed E-state index contributed by atoms with van der Waals surface area (Å²) >= 11 is 0. The molecule has 1 fully saturated rings. The number of hydrogen-bond acceptors (Lipinski definition) is 3. The average Bonchev–Trinajstić information content (AvgIpc) is 2.97. The van der Waals surface area contributed by atoms with Crippen LogP contribution in [0, 0.1) is 0 Å². The van der Waals surface area contributed by atoms with Crippen LogP contribution in [-0.4, -0.2) is 27.6 Å². The molecule has 0 amide bonds. The highest BCUT2D eigenvalue weighted by atomic mass is 15.1. The molecule has 0 saturated carbocycles. The van der Waals surface area contributed by atoms with Crippen LogP contribution in [0.5, 0.6) is 0 Å². The fourth-order valence-corrected chi connectivity index (χ4v) is 2.61. The summed E-state index contributed by atoms with van der Waals surface area (Å²) in [5, 5.41) is 3.41. The molecule has 0 spiro atoms. The third-order valence-corrected chi connectivity index (χ3v) is 3.41. The number of fused-ring (bicyclic) bond motifs is 1. The van der Waals surface area contributed by atoms with Crippen LogP contribution in [0.3, 0.4) is 0 Å². The summed E-state index contributed by atoms with van der Waals surface area (Å²) in [6.45, 7) is 5.37. The monoisotopic (exact) mass is 230 g/mol. The van der Waals surface area contributed by atoms with Crippen molar-refractivity contribution in [2.45, 2.75) is 32.2 Å². The molecule has 2 aromatic rings. The minimum atomic E-state index is 0.552. The lowest BCUT2D eigenvalue weighted by atomic mass is 10.1. The third-order valence-electron chi connectivity index (χ3n) is 3.41. The first-order chi connectivity index (χ1) is 8.40. The Hall–Kier alpha value is -1.42. The molecule has 0 radical (unpaired) electrons. The molecule has 4 heteroatoms. The molecule has 2 aromatic heterocycles. The highest BCUT2D eigenvalue weighted by Gasteiger charge is 2.23. The first kappa shape index (κ1) is 10.7. The normalized spacial score (nSPS) is 20.2. The van der Waals surface area contributed by atoms with Crippen LogP contribution >= 0.6 is 0 Å². The van der Waals surface area contributed by atoms with Crippen LogP contribution in [0.2, 0.25) is 0 Å². The van der Waals surface area contributed by atoms with Crippen LogP contribution in [-0.2, 0) is 6.54 Å². The maximum absolute atomic E-state index is 4.77. The Morgan fingerprint density at radius 2 is 2.47 bits per heavy atom. The quantitative estimate of drug-likeness (QED) is 0.876. The van der Waals surface area contributed by atoms with E-state index < -0.39 is 0 Å². The van der Waals surface area contributed by atoms with Gasteiger partial charge in [-0.25, -0.2) is 9.97 Å².